The summed E-state index contributed by atoms with van der Waals surface area (Å²) >= 11 is 5.90. The van der Waals surface area contributed by atoms with Crippen LogP contribution in [-0.2, 0) is 11.2 Å². The Bertz CT molecular complexity index is 907. The second-order valence-electron chi connectivity index (χ2n) is 8.10. The molecule has 166 valence electrons. The van der Waals surface area contributed by atoms with Gasteiger partial charge in [0.2, 0.25) is 5.91 Å². The van der Waals surface area contributed by atoms with Crippen LogP contribution >= 0.6 is 11.6 Å². The summed E-state index contributed by atoms with van der Waals surface area (Å²) in [6, 6.07) is 12.8. The fraction of sp³-hybridized carbons (Fsp3) is 0.417. The molecule has 2 amide bonds. The first-order valence-electron chi connectivity index (χ1n) is 10.6. The number of benzene rings is 2. The summed E-state index contributed by atoms with van der Waals surface area (Å²) in [5.41, 5.74) is 1.69. The van der Waals surface area contributed by atoms with Crippen molar-refractivity contribution in [2.24, 2.45) is 0 Å². The van der Waals surface area contributed by atoms with Crippen LogP contribution in [0, 0.1) is 0 Å². The molecule has 1 saturated heterocycles. The molecule has 0 unspecified atom stereocenters. The number of ether oxygens (including phenoxy) is 1. The Labute approximate surface area is 188 Å². The van der Waals surface area contributed by atoms with Crippen LogP contribution in [0.15, 0.2) is 42.5 Å². The van der Waals surface area contributed by atoms with Crippen LogP contribution in [0.5, 0.6) is 5.75 Å². The smallest absolute Gasteiger partial charge is 0.251 e. The molecule has 2 N–H and O–H groups in total. The van der Waals surface area contributed by atoms with Gasteiger partial charge in [-0.1, -0.05) is 17.7 Å². The minimum atomic E-state index is -0.230. The van der Waals surface area contributed by atoms with E-state index in [4.69, 9.17) is 16.3 Å². The first-order valence-corrected chi connectivity index (χ1v) is 11.0. The molecule has 3 rings (SSSR count). The van der Waals surface area contributed by atoms with Crippen molar-refractivity contribution in [1.29, 1.82) is 0 Å². The topological polar surface area (TPSA) is 70.7 Å². The fourth-order valence-electron chi connectivity index (χ4n) is 3.87. The number of amides is 2. The van der Waals surface area contributed by atoms with E-state index in [9.17, 15) is 9.59 Å². The minimum absolute atomic E-state index is 0.0290. The molecule has 2 aromatic rings. The van der Waals surface area contributed by atoms with Crippen LogP contribution in [-0.4, -0.2) is 49.0 Å². The highest BCUT2D eigenvalue weighted by Gasteiger charge is 2.24. The molecule has 0 spiro atoms. The summed E-state index contributed by atoms with van der Waals surface area (Å²) in [6.07, 6.45) is 1.86. The fourth-order valence-corrected chi connectivity index (χ4v) is 4.00. The van der Waals surface area contributed by atoms with Gasteiger partial charge >= 0.3 is 0 Å². The molecule has 0 aliphatic carbocycles. The van der Waals surface area contributed by atoms with E-state index >= 15 is 0 Å². The molecule has 1 aliphatic rings. The van der Waals surface area contributed by atoms with Gasteiger partial charge in [0.1, 0.15) is 5.75 Å². The number of anilines is 1. The lowest BCUT2D eigenvalue weighted by Crippen LogP contribution is -2.46. The number of nitrogens with zero attached hydrogens (tertiary/aromatic N) is 1. The normalized spacial score (nSPS) is 15.0. The summed E-state index contributed by atoms with van der Waals surface area (Å²) in [5, 5.41) is 6.59. The van der Waals surface area contributed by atoms with Crippen LogP contribution in [0.25, 0.3) is 0 Å². The highest BCUT2D eigenvalue weighted by Crippen LogP contribution is 2.24. The molecule has 2 aromatic carbocycles. The summed E-state index contributed by atoms with van der Waals surface area (Å²) in [6.45, 7) is 6.32. The first kappa shape index (κ1) is 23.1. The van der Waals surface area contributed by atoms with Gasteiger partial charge in [-0.25, -0.2) is 0 Å². The predicted octanol–water partition coefficient (Wildman–Crippen LogP) is 4.13. The molecule has 0 aromatic heterocycles. The molecule has 1 heterocycles. The molecular formula is C24H30ClN3O3. The Kier molecular flexibility index (Phi) is 7.93. The van der Waals surface area contributed by atoms with E-state index in [1.165, 1.54) is 0 Å². The number of methoxy groups -OCH3 is 1. The number of rotatable bonds is 7. The van der Waals surface area contributed by atoms with Crippen LogP contribution in [0.2, 0.25) is 5.02 Å². The van der Waals surface area contributed by atoms with Crippen molar-refractivity contribution in [2.75, 3.05) is 25.5 Å². The zero-order chi connectivity index (χ0) is 22.4. The number of likely N-dealkylation sites (tertiary alicyclic amines) is 1. The maximum atomic E-state index is 13.1. The molecule has 0 bridgehead atoms. The Balaban J connectivity index is 1.70. The first-order chi connectivity index (χ1) is 14.9. The van der Waals surface area contributed by atoms with Gasteiger partial charge in [0, 0.05) is 47.0 Å². The van der Waals surface area contributed by atoms with Gasteiger partial charge in [0.25, 0.3) is 5.91 Å². The number of nitrogens with one attached hydrogen (secondary N) is 2. The van der Waals surface area contributed by atoms with E-state index in [2.05, 4.69) is 29.4 Å². The lowest BCUT2D eigenvalue weighted by atomic mass is 9.99. The monoisotopic (exact) mass is 443 g/mol. The van der Waals surface area contributed by atoms with E-state index in [1.54, 1.807) is 49.6 Å². The van der Waals surface area contributed by atoms with Crippen LogP contribution in [0.3, 0.4) is 0 Å². The van der Waals surface area contributed by atoms with Crippen LogP contribution in [0.1, 0.15) is 42.6 Å². The Hall–Kier alpha value is -2.57. The number of hydrogen-bond acceptors (Lipinski definition) is 4. The zero-order valence-corrected chi connectivity index (χ0v) is 19.0. The third-order valence-corrected chi connectivity index (χ3v) is 5.91. The van der Waals surface area contributed by atoms with E-state index in [0.29, 0.717) is 33.6 Å². The molecule has 0 radical (unpaired) electrons. The second kappa shape index (κ2) is 10.6. The molecule has 0 atom stereocenters. The molecule has 6 nitrogen and oxygen atoms in total. The van der Waals surface area contributed by atoms with Gasteiger partial charge in [-0.3, -0.25) is 9.59 Å². The van der Waals surface area contributed by atoms with Crippen molar-refractivity contribution in [3.05, 3.63) is 58.6 Å². The second-order valence-corrected chi connectivity index (χ2v) is 8.53. The van der Waals surface area contributed by atoms with Crippen molar-refractivity contribution in [1.82, 2.24) is 10.2 Å². The molecule has 1 aliphatic heterocycles. The molecular weight excluding hydrogens is 414 g/mol. The zero-order valence-electron chi connectivity index (χ0n) is 18.3. The SMILES string of the molecule is COc1cccc(C(=O)NC2CCN(C(C)C)CC2)c1CC(=O)Nc1ccc(Cl)cc1. The maximum absolute atomic E-state index is 13.1. The molecule has 0 saturated carbocycles. The van der Waals surface area contributed by atoms with Crippen LogP contribution in [0.4, 0.5) is 5.69 Å². The van der Waals surface area contributed by atoms with Gasteiger partial charge in [-0.05, 0) is 63.1 Å². The van der Waals surface area contributed by atoms with Gasteiger partial charge in [-0.2, -0.15) is 0 Å². The predicted molar refractivity (Wildman–Crippen MR) is 124 cm³/mol. The maximum Gasteiger partial charge on any atom is 0.251 e. The Morgan fingerprint density at radius 3 is 2.42 bits per heavy atom. The number of carbonyl (C=O) groups excluding carboxylic acids is 2. The van der Waals surface area contributed by atoms with E-state index in [0.717, 1.165) is 25.9 Å². The number of carbonyl (C=O) groups is 2. The molecule has 31 heavy (non-hydrogen) atoms. The summed E-state index contributed by atoms with van der Waals surface area (Å²) < 4.78 is 5.45. The number of hydrogen-bond donors (Lipinski definition) is 2. The average Bonchev–Trinajstić information content (AvgIpc) is 2.75. The summed E-state index contributed by atoms with van der Waals surface area (Å²) in [5.74, 6) is 0.121. The highest BCUT2D eigenvalue weighted by molar-refractivity contribution is 6.30. The van der Waals surface area contributed by atoms with Crippen molar-refractivity contribution >= 4 is 29.1 Å². The minimum Gasteiger partial charge on any atom is -0.496 e. The Morgan fingerprint density at radius 1 is 1.13 bits per heavy atom. The highest BCUT2D eigenvalue weighted by atomic mass is 35.5. The Morgan fingerprint density at radius 2 is 1.81 bits per heavy atom. The van der Waals surface area contributed by atoms with Crippen LogP contribution < -0.4 is 15.4 Å². The standard InChI is InChI=1S/C24H30ClN3O3/c1-16(2)28-13-11-19(12-14-28)27-24(30)20-5-4-6-22(31-3)21(20)15-23(29)26-18-9-7-17(25)8-10-18/h4-10,16,19H,11-15H2,1-3H3,(H,26,29)(H,27,30). The summed E-state index contributed by atoms with van der Waals surface area (Å²) in [7, 11) is 1.54. The largest absolute Gasteiger partial charge is 0.496 e. The average molecular weight is 444 g/mol. The van der Waals surface area contributed by atoms with Gasteiger partial charge < -0.3 is 20.3 Å². The van der Waals surface area contributed by atoms with Crippen molar-refractivity contribution in [3.8, 4) is 5.75 Å². The third kappa shape index (κ3) is 6.21. The van der Waals surface area contributed by atoms with Gasteiger partial charge in [-0.15, -0.1) is 0 Å². The molecule has 1 fully saturated rings. The third-order valence-electron chi connectivity index (χ3n) is 5.66. The molecule has 7 heteroatoms. The van der Waals surface area contributed by atoms with E-state index < -0.39 is 0 Å². The van der Waals surface area contributed by atoms with Crippen molar-refractivity contribution in [2.45, 2.75) is 45.2 Å². The number of halogens is 1. The lowest BCUT2D eigenvalue weighted by molar-refractivity contribution is -0.115. The quantitative estimate of drug-likeness (QED) is 0.674. The van der Waals surface area contributed by atoms with E-state index in [1.807, 2.05) is 0 Å². The number of piperidine rings is 1. The van der Waals surface area contributed by atoms with Gasteiger partial charge in [0.15, 0.2) is 0 Å². The van der Waals surface area contributed by atoms with Gasteiger partial charge in [0.05, 0.1) is 13.5 Å². The summed E-state index contributed by atoms with van der Waals surface area (Å²) in [4.78, 5) is 28.1. The van der Waals surface area contributed by atoms with Crippen molar-refractivity contribution in [3.63, 3.8) is 0 Å². The van der Waals surface area contributed by atoms with E-state index in [-0.39, 0.29) is 24.3 Å². The van der Waals surface area contributed by atoms with Crippen molar-refractivity contribution < 1.29 is 14.3 Å². The lowest BCUT2D eigenvalue weighted by Gasteiger charge is -2.35.